The summed E-state index contributed by atoms with van der Waals surface area (Å²) in [4.78, 5) is 46.4. The number of ether oxygens (including phenoxy) is 4. The average molecular weight is 544 g/mol. The molecule has 38 heavy (non-hydrogen) atoms. The van der Waals surface area contributed by atoms with Gasteiger partial charge in [-0.15, -0.1) is 0 Å². The van der Waals surface area contributed by atoms with Crippen molar-refractivity contribution in [2.24, 2.45) is 0 Å². The lowest BCUT2D eigenvalue weighted by atomic mass is 10.0. The molecule has 1 amide bonds. The van der Waals surface area contributed by atoms with Crippen LogP contribution < -0.4 is 5.32 Å². The monoisotopic (exact) mass is 543 g/mol. The number of esters is 1. The van der Waals surface area contributed by atoms with Gasteiger partial charge in [0, 0.05) is 19.3 Å². The Labute approximate surface area is 220 Å². The largest absolute Gasteiger partial charge is 0.481 e. The van der Waals surface area contributed by atoms with Crippen LogP contribution in [0.25, 0.3) is 0 Å². The maximum absolute atomic E-state index is 12.7. The summed E-state index contributed by atoms with van der Waals surface area (Å²) in [6.07, 6.45) is -2.13. The van der Waals surface area contributed by atoms with E-state index in [1.54, 1.807) is 0 Å². The molecule has 5 N–H and O–H groups in total. The van der Waals surface area contributed by atoms with Gasteiger partial charge in [0.25, 0.3) is 0 Å². The highest BCUT2D eigenvalue weighted by Crippen LogP contribution is 2.12. The molecule has 1 aromatic carbocycles. The lowest BCUT2D eigenvalue weighted by Gasteiger charge is -2.34. The van der Waals surface area contributed by atoms with Gasteiger partial charge >= 0.3 is 17.9 Å². The van der Waals surface area contributed by atoms with Crippen molar-refractivity contribution in [2.45, 2.75) is 57.0 Å². The molecule has 0 heterocycles. The van der Waals surface area contributed by atoms with Gasteiger partial charge in [-0.2, -0.15) is 0 Å². The first-order valence-corrected chi connectivity index (χ1v) is 12.2. The molecule has 0 atom stereocenters. The summed E-state index contributed by atoms with van der Waals surface area (Å²) >= 11 is 0. The lowest BCUT2D eigenvalue weighted by molar-refractivity contribution is -0.145. The summed E-state index contributed by atoms with van der Waals surface area (Å²) in [5.74, 6) is -3.10. The Balaban J connectivity index is 2.71. The molecule has 0 bridgehead atoms. The number of benzene rings is 1. The molecule has 0 saturated carbocycles. The molecule has 0 aliphatic carbocycles. The van der Waals surface area contributed by atoms with Gasteiger partial charge in [0.2, 0.25) is 5.91 Å². The van der Waals surface area contributed by atoms with Crippen LogP contribution in [-0.4, -0.2) is 95.7 Å². The van der Waals surface area contributed by atoms with Gasteiger partial charge in [-0.1, -0.05) is 30.3 Å². The van der Waals surface area contributed by atoms with Crippen LogP contribution in [0.4, 0.5) is 0 Å². The highest BCUT2D eigenvalue weighted by Gasteiger charge is 2.34. The second-order valence-corrected chi connectivity index (χ2v) is 8.54. The molecule has 0 aliphatic rings. The molecule has 0 aromatic heterocycles. The Kier molecular flexibility index (Phi) is 16.5. The zero-order chi connectivity index (χ0) is 28.2. The maximum Gasteiger partial charge on any atom is 0.306 e. The molecule has 0 fully saturated rings. The molecule has 1 aromatic rings. The number of carbonyl (C=O) groups is 4. The van der Waals surface area contributed by atoms with Crippen LogP contribution in [-0.2, 0) is 44.7 Å². The number of carboxylic acid groups (broad SMARTS) is 2. The molecule has 214 valence electrons. The van der Waals surface area contributed by atoms with Gasteiger partial charge in [0.1, 0.15) is 12.1 Å². The van der Waals surface area contributed by atoms with Gasteiger partial charge < -0.3 is 44.7 Å². The summed E-state index contributed by atoms with van der Waals surface area (Å²) in [6, 6.07) is 9.14. The SMILES string of the molecule is O=C(O)CCOCC(COCCC(=O)O)(COCCC(O)O)NC(=O)CCCC(=O)OCc1ccccc1. The number of amides is 1. The number of aliphatic hydroxyl groups is 2. The summed E-state index contributed by atoms with van der Waals surface area (Å²) < 4.78 is 21.6. The number of carboxylic acids is 2. The van der Waals surface area contributed by atoms with E-state index in [1.165, 1.54) is 0 Å². The quantitative estimate of drug-likeness (QED) is 0.0770. The molecular formula is C25H37NO12. The minimum atomic E-state index is -1.60. The normalized spacial score (nSPS) is 11.3. The van der Waals surface area contributed by atoms with Gasteiger partial charge in [0.05, 0.1) is 52.5 Å². The van der Waals surface area contributed by atoms with E-state index in [0.717, 1.165) is 5.56 Å². The van der Waals surface area contributed by atoms with Crippen LogP contribution in [0.5, 0.6) is 0 Å². The number of hydrogen-bond acceptors (Lipinski definition) is 10. The minimum absolute atomic E-state index is 0.00235. The Morgan fingerprint density at radius 1 is 0.789 bits per heavy atom. The van der Waals surface area contributed by atoms with Crippen LogP contribution in [0.3, 0.4) is 0 Å². The third kappa shape index (κ3) is 16.6. The summed E-state index contributed by atoms with van der Waals surface area (Å²) in [7, 11) is 0. The summed E-state index contributed by atoms with van der Waals surface area (Å²) in [5.41, 5.74) is -0.495. The molecule has 0 aliphatic heterocycles. The van der Waals surface area contributed by atoms with Crippen molar-refractivity contribution in [3.05, 3.63) is 35.9 Å². The summed E-state index contributed by atoms with van der Waals surface area (Å²) in [5, 5.41) is 38.5. The van der Waals surface area contributed by atoms with Crippen molar-refractivity contribution >= 4 is 23.8 Å². The highest BCUT2D eigenvalue weighted by atomic mass is 16.5. The first-order valence-electron chi connectivity index (χ1n) is 12.2. The van der Waals surface area contributed by atoms with Crippen molar-refractivity contribution < 1.29 is 58.6 Å². The van der Waals surface area contributed by atoms with E-state index in [9.17, 15) is 19.2 Å². The minimum Gasteiger partial charge on any atom is -0.481 e. The first kappa shape index (κ1) is 32.9. The van der Waals surface area contributed by atoms with Gasteiger partial charge in [-0.3, -0.25) is 19.2 Å². The number of hydrogen-bond donors (Lipinski definition) is 5. The second-order valence-electron chi connectivity index (χ2n) is 8.54. The van der Waals surface area contributed by atoms with E-state index < -0.39 is 35.6 Å². The van der Waals surface area contributed by atoms with Gasteiger partial charge in [-0.05, 0) is 12.0 Å². The first-order chi connectivity index (χ1) is 18.1. The van der Waals surface area contributed by atoms with E-state index >= 15 is 0 Å². The summed E-state index contributed by atoms with van der Waals surface area (Å²) in [6.45, 7) is -0.928. The Bertz CT molecular complexity index is 824. The van der Waals surface area contributed by atoms with Crippen LogP contribution in [0, 0.1) is 0 Å². The van der Waals surface area contributed by atoms with E-state index in [2.05, 4.69) is 5.32 Å². The fourth-order valence-electron chi connectivity index (χ4n) is 3.11. The van der Waals surface area contributed by atoms with E-state index in [1.807, 2.05) is 30.3 Å². The number of aliphatic carboxylic acids is 2. The Morgan fingerprint density at radius 2 is 1.34 bits per heavy atom. The lowest BCUT2D eigenvalue weighted by Crippen LogP contribution is -2.58. The topological polar surface area (TPSA) is 198 Å². The van der Waals surface area contributed by atoms with E-state index in [4.69, 9.17) is 39.4 Å². The smallest absolute Gasteiger partial charge is 0.306 e. The molecule has 0 spiro atoms. The standard InChI is InChI=1S/C25H37NO12/c27-20(7-4-8-24(34)38-15-19-5-2-1-3-6-19)26-25(16-35-12-9-21(28)29,17-36-13-10-22(30)31)18-37-14-11-23(32)33/h1-3,5-6,21,28-29H,4,7-18H2,(H,26,27)(H,30,31)(H,32,33). The van der Waals surface area contributed by atoms with Crippen molar-refractivity contribution in [1.82, 2.24) is 5.32 Å². The van der Waals surface area contributed by atoms with E-state index in [-0.39, 0.29) is 84.8 Å². The van der Waals surface area contributed by atoms with Gasteiger partial charge in [-0.25, -0.2) is 0 Å². The Hall–Kier alpha value is -3.10. The van der Waals surface area contributed by atoms with Crippen LogP contribution >= 0.6 is 0 Å². The zero-order valence-electron chi connectivity index (χ0n) is 21.2. The predicted molar refractivity (Wildman–Crippen MR) is 131 cm³/mol. The van der Waals surface area contributed by atoms with Crippen LogP contribution in [0.15, 0.2) is 30.3 Å². The molecule has 13 nitrogen and oxygen atoms in total. The number of aliphatic hydroxyl groups excluding tert-OH is 1. The van der Waals surface area contributed by atoms with Crippen molar-refractivity contribution in [2.75, 3.05) is 39.6 Å². The van der Waals surface area contributed by atoms with Crippen LogP contribution in [0.2, 0.25) is 0 Å². The van der Waals surface area contributed by atoms with Gasteiger partial charge in [0.15, 0.2) is 6.29 Å². The number of carbonyl (C=O) groups excluding carboxylic acids is 2. The molecule has 0 saturated heterocycles. The number of nitrogens with one attached hydrogen (secondary N) is 1. The fourth-order valence-corrected chi connectivity index (χ4v) is 3.11. The van der Waals surface area contributed by atoms with E-state index in [0.29, 0.717) is 0 Å². The van der Waals surface area contributed by atoms with Crippen molar-refractivity contribution in [3.8, 4) is 0 Å². The van der Waals surface area contributed by atoms with Crippen LogP contribution in [0.1, 0.15) is 44.1 Å². The molecule has 13 heteroatoms. The molecular weight excluding hydrogens is 506 g/mol. The molecule has 1 rings (SSSR count). The molecule has 0 unspecified atom stereocenters. The molecule has 0 radical (unpaired) electrons. The average Bonchev–Trinajstić information content (AvgIpc) is 2.86. The maximum atomic E-state index is 12.7. The zero-order valence-corrected chi connectivity index (χ0v) is 21.2. The number of rotatable bonds is 22. The second kappa shape index (κ2) is 19.0. The highest BCUT2D eigenvalue weighted by molar-refractivity contribution is 5.78. The third-order valence-corrected chi connectivity index (χ3v) is 5.01. The Morgan fingerprint density at radius 3 is 1.87 bits per heavy atom. The predicted octanol–water partition coefficient (Wildman–Crippen LogP) is 0.455. The van der Waals surface area contributed by atoms with Crippen molar-refractivity contribution in [3.63, 3.8) is 0 Å². The fraction of sp³-hybridized carbons (Fsp3) is 0.600. The third-order valence-electron chi connectivity index (χ3n) is 5.01. The van der Waals surface area contributed by atoms with Crippen molar-refractivity contribution in [1.29, 1.82) is 0 Å².